The van der Waals surface area contributed by atoms with E-state index >= 15 is 0 Å². The van der Waals surface area contributed by atoms with Crippen LogP contribution in [0.4, 0.5) is 0 Å². The minimum atomic E-state index is -0.811. The highest BCUT2D eigenvalue weighted by atomic mass is 16.6. The van der Waals surface area contributed by atoms with Gasteiger partial charge >= 0.3 is 0 Å². The highest BCUT2D eigenvalue weighted by Gasteiger charge is 2.46. The standard InChI is InChI=1S/C27H30N2O8/c1-33-19-5-3-17(15-21(19)34-2)24-23(25(30)18-4-6-20-22(16-18)37-14-13-36-20)26(31)27(32)29(24)8-7-28-9-11-35-12-10-28/h3-6,15-16,24,30H,7-14H2,1-2H3/t24-/m1/s1. The van der Waals surface area contributed by atoms with Crippen molar-refractivity contribution in [3.05, 3.63) is 53.1 Å². The van der Waals surface area contributed by atoms with Gasteiger partial charge < -0.3 is 33.7 Å². The van der Waals surface area contributed by atoms with Gasteiger partial charge in [-0.05, 0) is 35.9 Å². The molecule has 2 fully saturated rings. The fourth-order valence-electron chi connectivity index (χ4n) is 4.90. The van der Waals surface area contributed by atoms with Crippen molar-refractivity contribution in [2.45, 2.75) is 6.04 Å². The summed E-state index contributed by atoms with van der Waals surface area (Å²) in [6.07, 6.45) is 0. The van der Waals surface area contributed by atoms with Crippen LogP contribution in [-0.2, 0) is 14.3 Å². The van der Waals surface area contributed by atoms with E-state index in [1.54, 1.807) is 36.4 Å². The Balaban J connectivity index is 1.57. The predicted molar refractivity (Wildman–Crippen MR) is 133 cm³/mol. The molecule has 0 spiro atoms. The minimum absolute atomic E-state index is 0.0101. The summed E-state index contributed by atoms with van der Waals surface area (Å²) < 4.78 is 27.5. The highest BCUT2D eigenvalue weighted by molar-refractivity contribution is 6.46. The summed E-state index contributed by atoms with van der Waals surface area (Å²) in [6.45, 7) is 4.46. The zero-order valence-electron chi connectivity index (χ0n) is 20.9. The molecule has 10 heteroatoms. The van der Waals surface area contributed by atoms with E-state index in [1.807, 2.05) is 0 Å². The lowest BCUT2D eigenvalue weighted by atomic mass is 9.94. The van der Waals surface area contributed by atoms with Gasteiger partial charge in [-0.1, -0.05) is 6.07 Å². The Morgan fingerprint density at radius 2 is 1.65 bits per heavy atom. The number of amides is 1. The fraction of sp³-hybridized carbons (Fsp3) is 0.407. The average Bonchev–Trinajstić information content (AvgIpc) is 3.20. The quantitative estimate of drug-likeness (QED) is 0.341. The van der Waals surface area contributed by atoms with E-state index in [-0.39, 0.29) is 11.3 Å². The lowest BCUT2D eigenvalue weighted by molar-refractivity contribution is -0.140. The molecule has 10 nitrogen and oxygen atoms in total. The number of nitrogens with zero attached hydrogens (tertiary/aromatic N) is 2. The molecule has 3 aliphatic heterocycles. The van der Waals surface area contributed by atoms with Gasteiger partial charge in [0.25, 0.3) is 11.7 Å². The van der Waals surface area contributed by atoms with E-state index < -0.39 is 17.7 Å². The summed E-state index contributed by atoms with van der Waals surface area (Å²) in [5.41, 5.74) is 0.995. The number of methoxy groups -OCH3 is 2. The van der Waals surface area contributed by atoms with E-state index in [9.17, 15) is 14.7 Å². The zero-order chi connectivity index (χ0) is 25.9. The van der Waals surface area contributed by atoms with Gasteiger partial charge in [0.05, 0.1) is 39.0 Å². The van der Waals surface area contributed by atoms with E-state index in [1.165, 1.54) is 19.1 Å². The molecule has 0 bridgehead atoms. The second kappa shape index (κ2) is 10.7. The van der Waals surface area contributed by atoms with Crippen molar-refractivity contribution in [1.82, 2.24) is 9.80 Å². The van der Waals surface area contributed by atoms with Gasteiger partial charge in [0.1, 0.15) is 19.0 Å². The van der Waals surface area contributed by atoms with Crippen molar-refractivity contribution in [3.8, 4) is 23.0 Å². The molecule has 1 amide bonds. The van der Waals surface area contributed by atoms with Gasteiger partial charge in [0.2, 0.25) is 0 Å². The number of likely N-dealkylation sites (tertiary alicyclic amines) is 1. The first-order chi connectivity index (χ1) is 18.0. The van der Waals surface area contributed by atoms with Gasteiger partial charge in [-0.2, -0.15) is 0 Å². The number of hydrogen-bond donors (Lipinski definition) is 1. The number of aliphatic hydroxyl groups is 1. The van der Waals surface area contributed by atoms with E-state index in [0.717, 1.165) is 13.1 Å². The largest absolute Gasteiger partial charge is 0.507 e. The Kier molecular flexibility index (Phi) is 7.20. The third kappa shape index (κ3) is 4.82. The lowest BCUT2D eigenvalue weighted by Crippen LogP contribution is -2.42. The molecule has 0 unspecified atom stereocenters. The van der Waals surface area contributed by atoms with Crippen molar-refractivity contribution in [2.24, 2.45) is 0 Å². The molecule has 196 valence electrons. The maximum atomic E-state index is 13.4. The zero-order valence-corrected chi connectivity index (χ0v) is 20.9. The molecule has 2 aromatic carbocycles. The van der Waals surface area contributed by atoms with Gasteiger partial charge in [-0.3, -0.25) is 14.5 Å². The minimum Gasteiger partial charge on any atom is -0.507 e. The first-order valence-electron chi connectivity index (χ1n) is 12.2. The van der Waals surface area contributed by atoms with Gasteiger partial charge in [-0.25, -0.2) is 0 Å². The van der Waals surface area contributed by atoms with Gasteiger partial charge in [0.15, 0.2) is 23.0 Å². The Bertz CT molecular complexity index is 1220. The normalized spacial score (nSPS) is 21.2. The van der Waals surface area contributed by atoms with E-state index in [0.29, 0.717) is 73.6 Å². The Morgan fingerprint density at radius 1 is 0.919 bits per heavy atom. The number of aliphatic hydroxyl groups excluding tert-OH is 1. The summed E-state index contributed by atoms with van der Waals surface area (Å²) in [5, 5.41) is 11.4. The van der Waals surface area contributed by atoms with Crippen molar-refractivity contribution in [2.75, 3.05) is 66.8 Å². The topological polar surface area (TPSA) is 107 Å². The summed E-state index contributed by atoms with van der Waals surface area (Å²) >= 11 is 0. The maximum Gasteiger partial charge on any atom is 0.295 e. The number of morpholine rings is 1. The number of ketones is 1. The number of benzene rings is 2. The van der Waals surface area contributed by atoms with Crippen LogP contribution in [0, 0.1) is 0 Å². The highest BCUT2D eigenvalue weighted by Crippen LogP contribution is 2.43. The van der Waals surface area contributed by atoms with Crippen LogP contribution < -0.4 is 18.9 Å². The first kappa shape index (κ1) is 24.9. The van der Waals surface area contributed by atoms with Crippen LogP contribution in [0.3, 0.4) is 0 Å². The third-order valence-corrected chi connectivity index (χ3v) is 6.84. The number of fused-ring (bicyclic) bond motifs is 1. The third-order valence-electron chi connectivity index (χ3n) is 6.84. The summed E-state index contributed by atoms with van der Waals surface area (Å²) in [5.74, 6) is 0.330. The summed E-state index contributed by atoms with van der Waals surface area (Å²) in [4.78, 5) is 30.4. The molecule has 0 radical (unpaired) electrons. The predicted octanol–water partition coefficient (Wildman–Crippen LogP) is 2.23. The van der Waals surface area contributed by atoms with Crippen LogP contribution in [-0.4, -0.2) is 93.4 Å². The Labute approximate surface area is 214 Å². The molecule has 2 aromatic rings. The van der Waals surface area contributed by atoms with Crippen molar-refractivity contribution < 1.29 is 38.4 Å². The molecule has 37 heavy (non-hydrogen) atoms. The SMILES string of the molecule is COc1ccc([C@@H]2C(=C(O)c3ccc4c(c3)OCCO4)C(=O)C(=O)N2CCN2CCOCC2)cc1OC. The number of carbonyl (C=O) groups excluding carboxylic acids is 2. The first-order valence-corrected chi connectivity index (χ1v) is 12.2. The van der Waals surface area contributed by atoms with Crippen LogP contribution in [0.5, 0.6) is 23.0 Å². The number of ether oxygens (including phenoxy) is 5. The molecule has 0 saturated carbocycles. The Hall–Kier alpha value is -3.76. The second-order valence-electron chi connectivity index (χ2n) is 8.92. The molecule has 3 aliphatic rings. The number of rotatable bonds is 7. The van der Waals surface area contributed by atoms with Crippen LogP contribution in [0.2, 0.25) is 0 Å². The van der Waals surface area contributed by atoms with Crippen LogP contribution in [0.15, 0.2) is 42.0 Å². The van der Waals surface area contributed by atoms with Crippen molar-refractivity contribution in [1.29, 1.82) is 0 Å². The summed E-state index contributed by atoms with van der Waals surface area (Å²) in [6, 6.07) is 9.37. The molecule has 1 atom stereocenters. The lowest BCUT2D eigenvalue weighted by Gasteiger charge is -2.31. The fourth-order valence-corrected chi connectivity index (χ4v) is 4.90. The van der Waals surface area contributed by atoms with E-state index in [4.69, 9.17) is 23.7 Å². The maximum absolute atomic E-state index is 13.4. The molecule has 1 N–H and O–H groups in total. The number of Topliss-reactive ketones (excluding diaryl/α,β-unsaturated/α-hetero) is 1. The molecular formula is C27H30N2O8. The molecule has 5 rings (SSSR count). The molecular weight excluding hydrogens is 480 g/mol. The van der Waals surface area contributed by atoms with E-state index in [2.05, 4.69) is 4.90 Å². The number of hydrogen-bond acceptors (Lipinski definition) is 9. The second-order valence-corrected chi connectivity index (χ2v) is 8.92. The Morgan fingerprint density at radius 3 is 2.38 bits per heavy atom. The monoisotopic (exact) mass is 510 g/mol. The molecule has 3 heterocycles. The summed E-state index contributed by atoms with van der Waals surface area (Å²) in [7, 11) is 3.06. The number of carbonyl (C=O) groups is 2. The van der Waals surface area contributed by atoms with Crippen LogP contribution in [0.25, 0.3) is 5.76 Å². The van der Waals surface area contributed by atoms with Gasteiger partial charge in [0, 0.05) is 31.7 Å². The van der Waals surface area contributed by atoms with Crippen molar-refractivity contribution >= 4 is 17.4 Å². The molecule has 2 saturated heterocycles. The van der Waals surface area contributed by atoms with Crippen LogP contribution >= 0.6 is 0 Å². The van der Waals surface area contributed by atoms with Gasteiger partial charge in [-0.15, -0.1) is 0 Å². The average molecular weight is 511 g/mol. The van der Waals surface area contributed by atoms with Crippen molar-refractivity contribution in [3.63, 3.8) is 0 Å². The van der Waals surface area contributed by atoms with Crippen LogP contribution in [0.1, 0.15) is 17.2 Å². The molecule has 0 aromatic heterocycles. The molecule has 0 aliphatic carbocycles. The smallest absolute Gasteiger partial charge is 0.295 e.